The normalized spacial score (nSPS) is 17.5. The average Bonchev–Trinajstić information content (AvgIpc) is 3.80. The van der Waals surface area contributed by atoms with E-state index in [1.165, 1.54) is 11.1 Å². The summed E-state index contributed by atoms with van der Waals surface area (Å²) in [4.78, 5) is 44.4. The molecule has 2 aromatic carbocycles. The number of thiophene rings is 1. The second-order valence-electron chi connectivity index (χ2n) is 13.4. The van der Waals surface area contributed by atoms with E-state index in [0.29, 0.717) is 31.6 Å². The second-order valence-corrected chi connectivity index (χ2v) is 14.4. The standard InChI is InChI=1S/C42H36N6O4S/c1-26-39-46-45-27(2)48(39)42-35(25-52-26)33(22-28-10-5-3-6-11-28)37(53-42)20-17-29-16-18-31(43-23-29)14-8-4-7-12-30-13-9-15-32-34(30)24-47(41(32)51)36-19-21-38(49)44-40(36)50/h3,5-6,9-11,13,15-16,18,23,26,36H,4,8,14,19,21-22,24-25H2,1-2H3,(H,44,49,50)/t26-,36?/m0/s1. The van der Waals surface area contributed by atoms with E-state index in [-0.39, 0.29) is 24.3 Å². The maximum absolute atomic E-state index is 13.1. The molecule has 1 unspecified atom stereocenters. The number of unbranched alkanes of at least 4 members (excludes halogenated alkanes) is 1. The molecule has 3 aliphatic heterocycles. The molecule has 5 aromatic rings. The number of aromatic nitrogens is 4. The minimum atomic E-state index is -0.645. The van der Waals surface area contributed by atoms with Crippen LogP contribution in [0.5, 0.6) is 0 Å². The Labute approximate surface area is 311 Å². The van der Waals surface area contributed by atoms with Crippen LogP contribution >= 0.6 is 11.3 Å². The predicted molar refractivity (Wildman–Crippen MR) is 199 cm³/mol. The van der Waals surface area contributed by atoms with Crippen LogP contribution in [-0.2, 0) is 40.3 Å². The van der Waals surface area contributed by atoms with Crippen LogP contribution in [-0.4, -0.2) is 48.4 Å². The molecule has 0 saturated carbocycles. The highest BCUT2D eigenvalue weighted by molar-refractivity contribution is 7.15. The largest absolute Gasteiger partial charge is 0.366 e. The van der Waals surface area contributed by atoms with Gasteiger partial charge in [-0.2, -0.15) is 0 Å². The van der Waals surface area contributed by atoms with Crippen molar-refractivity contribution in [3.63, 3.8) is 0 Å². The van der Waals surface area contributed by atoms with E-state index in [1.807, 2.05) is 50.4 Å². The molecular formula is C42H36N6O4S. The Hall–Kier alpha value is -5.88. The van der Waals surface area contributed by atoms with Crippen LogP contribution in [0.4, 0.5) is 0 Å². The summed E-state index contributed by atoms with van der Waals surface area (Å²) >= 11 is 1.66. The van der Waals surface area contributed by atoms with E-state index in [2.05, 4.69) is 68.0 Å². The molecular weight excluding hydrogens is 685 g/mol. The Morgan fingerprint density at radius 2 is 1.85 bits per heavy atom. The number of carbonyl (C=O) groups excluding carboxylic acids is 3. The van der Waals surface area contributed by atoms with E-state index < -0.39 is 11.9 Å². The summed E-state index contributed by atoms with van der Waals surface area (Å²) in [6.07, 6.45) is 5.24. The maximum atomic E-state index is 13.1. The number of benzene rings is 2. The minimum Gasteiger partial charge on any atom is -0.366 e. The molecule has 3 amide bonds. The highest BCUT2D eigenvalue weighted by Crippen LogP contribution is 2.39. The van der Waals surface area contributed by atoms with E-state index in [1.54, 1.807) is 22.3 Å². The van der Waals surface area contributed by atoms with Crippen LogP contribution < -0.4 is 5.32 Å². The van der Waals surface area contributed by atoms with Crippen LogP contribution in [0, 0.1) is 30.6 Å². The van der Waals surface area contributed by atoms with Crippen molar-refractivity contribution in [3.05, 3.63) is 128 Å². The van der Waals surface area contributed by atoms with Gasteiger partial charge in [-0.05, 0) is 80.5 Å². The molecule has 0 radical (unpaired) electrons. The average molecular weight is 721 g/mol. The van der Waals surface area contributed by atoms with Crippen LogP contribution in [0.2, 0.25) is 0 Å². The third kappa shape index (κ3) is 6.89. The van der Waals surface area contributed by atoms with E-state index in [9.17, 15) is 14.4 Å². The number of fused-ring (bicyclic) bond motifs is 4. The monoisotopic (exact) mass is 720 g/mol. The lowest BCUT2D eigenvalue weighted by molar-refractivity contribution is -0.136. The van der Waals surface area contributed by atoms with Crippen molar-refractivity contribution in [1.29, 1.82) is 0 Å². The van der Waals surface area contributed by atoms with Gasteiger partial charge in [0.15, 0.2) is 5.82 Å². The summed E-state index contributed by atoms with van der Waals surface area (Å²) in [6, 6.07) is 19.3. The first-order chi connectivity index (χ1) is 25.8. The number of ether oxygens (including phenoxy) is 1. The number of amides is 3. The lowest BCUT2D eigenvalue weighted by Crippen LogP contribution is -2.52. The molecule has 0 aliphatic carbocycles. The first-order valence-corrected chi connectivity index (χ1v) is 18.6. The van der Waals surface area contributed by atoms with Crippen molar-refractivity contribution in [2.45, 2.75) is 77.7 Å². The molecule has 10 nitrogen and oxygen atoms in total. The Morgan fingerprint density at radius 1 is 0.981 bits per heavy atom. The number of piperidine rings is 1. The number of hydrogen-bond acceptors (Lipinski definition) is 8. The predicted octanol–water partition coefficient (Wildman–Crippen LogP) is 5.75. The quantitative estimate of drug-likeness (QED) is 0.135. The molecule has 53 heavy (non-hydrogen) atoms. The lowest BCUT2D eigenvalue weighted by Gasteiger charge is -2.29. The van der Waals surface area contributed by atoms with Gasteiger partial charge in [-0.3, -0.25) is 29.3 Å². The number of rotatable bonds is 6. The molecule has 3 aliphatic rings. The van der Waals surface area contributed by atoms with E-state index in [0.717, 1.165) is 68.7 Å². The molecule has 0 bridgehead atoms. The molecule has 0 spiro atoms. The highest BCUT2D eigenvalue weighted by atomic mass is 32.1. The van der Waals surface area contributed by atoms with Crippen LogP contribution in [0.3, 0.4) is 0 Å². The SMILES string of the molecule is Cc1nnc2n1-c1sc(C#Cc3ccc(CCCC#Cc4cccc5c4CN(C4CCC(=O)NC4=O)C5=O)nc3)c(Cc3ccccc3)c1CO[C@H]2C. The van der Waals surface area contributed by atoms with Crippen LogP contribution in [0.15, 0.2) is 66.9 Å². The fourth-order valence-electron chi connectivity index (χ4n) is 7.07. The van der Waals surface area contributed by atoms with Crippen molar-refractivity contribution in [2.24, 2.45) is 0 Å². The Kier molecular flexibility index (Phi) is 9.44. The summed E-state index contributed by atoms with van der Waals surface area (Å²) in [5.41, 5.74) is 7.52. The summed E-state index contributed by atoms with van der Waals surface area (Å²) < 4.78 is 8.35. The first kappa shape index (κ1) is 34.2. The fraction of sp³-hybridized carbons (Fsp3) is 0.286. The van der Waals surface area contributed by atoms with Gasteiger partial charge in [0.05, 0.1) is 11.5 Å². The zero-order valence-electron chi connectivity index (χ0n) is 29.4. The van der Waals surface area contributed by atoms with Crippen LogP contribution in [0.1, 0.15) is 105 Å². The molecule has 3 aromatic heterocycles. The Morgan fingerprint density at radius 3 is 2.66 bits per heavy atom. The Bertz CT molecular complexity index is 2370. The first-order valence-electron chi connectivity index (χ1n) is 17.8. The minimum absolute atomic E-state index is 0.164. The molecule has 264 valence electrons. The summed E-state index contributed by atoms with van der Waals surface area (Å²) in [6.45, 7) is 4.78. The van der Waals surface area contributed by atoms with Gasteiger partial charge in [-0.15, -0.1) is 21.5 Å². The number of nitrogens with zero attached hydrogens (tertiary/aromatic N) is 5. The van der Waals surface area contributed by atoms with Crippen LogP contribution in [0.25, 0.3) is 5.00 Å². The van der Waals surface area contributed by atoms with E-state index >= 15 is 0 Å². The zero-order valence-corrected chi connectivity index (χ0v) is 30.3. The maximum Gasteiger partial charge on any atom is 0.255 e. The van der Waals surface area contributed by atoms with Crippen molar-refractivity contribution in [3.8, 4) is 28.7 Å². The third-order valence-electron chi connectivity index (χ3n) is 9.90. The number of pyridine rings is 1. The Balaban J connectivity index is 0.934. The molecule has 2 atom stereocenters. The van der Waals surface area contributed by atoms with Crippen molar-refractivity contribution >= 4 is 29.1 Å². The van der Waals surface area contributed by atoms with E-state index in [4.69, 9.17) is 9.72 Å². The summed E-state index contributed by atoms with van der Waals surface area (Å²) in [5, 5.41) is 12.2. The second kappa shape index (κ2) is 14.6. The fourth-order valence-corrected chi connectivity index (χ4v) is 8.31. The van der Waals surface area contributed by atoms with Gasteiger partial charge in [0.1, 0.15) is 23.0 Å². The topological polar surface area (TPSA) is 119 Å². The number of carbonyl (C=O) groups is 3. The lowest BCUT2D eigenvalue weighted by atomic mass is 10.0. The number of nitrogens with one attached hydrogen (secondary N) is 1. The van der Waals surface area contributed by atoms with Crippen molar-refractivity contribution in [2.75, 3.05) is 0 Å². The van der Waals surface area contributed by atoms with Gasteiger partial charge in [0, 0.05) is 53.5 Å². The van der Waals surface area contributed by atoms with Gasteiger partial charge >= 0.3 is 0 Å². The molecule has 11 heteroatoms. The van der Waals surface area contributed by atoms with Gasteiger partial charge in [-0.1, -0.05) is 60.1 Å². The van der Waals surface area contributed by atoms with Crippen molar-refractivity contribution in [1.82, 2.24) is 30.0 Å². The summed E-state index contributed by atoms with van der Waals surface area (Å²) in [5.74, 6) is 14.1. The third-order valence-corrected chi connectivity index (χ3v) is 11.1. The van der Waals surface area contributed by atoms with Gasteiger partial charge in [0.25, 0.3) is 5.91 Å². The number of hydrogen-bond donors (Lipinski definition) is 1. The molecule has 1 N–H and O–H groups in total. The zero-order chi connectivity index (χ0) is 36.5. The smallest absolute Gasteiger partial charge is 0.255 e. The highest BCUT2D eigenvalue weighted by Gasteiger charge is 2.39. The summed E-state index contributed by atoms with van der Waals surface area (Å²) in [7, 11) is 0. The molecule has 1 saturated heterocycles. The molecule has 6 heterocycles. The van der Waals surface area contributed by atoms with Gasteiger partial charge in [-0.25, -0.2) is 0 Å². The number of aryl methyl sites for hydroxylation is 2. The number of imide groups is 1. The van der Waals surface area contributed by atoms with Crippen molar-refractivity contribution < 1.29 is 19.1 Å². The van der Waals surface area contributed by atoms with Gasteiger partial charge < -0.3 is 9.64 Å². The molecule has 1 fully saturated rings. The molecule has 8 rings (SSSR count). The van der Waals surface area contributed by atoms with Gasteiger partial charge in [0.2, 0.25) is 11.8 Å².